The van der Waals surface area contributed by atoms with Crippen molar-refractivity contribution in [2.24, 2.45) is 0 Å². The van der Waals surface area contributed by atoms with Crippen molar-refractivity contribution >= 4 is 21.4 Å². The highest BCUT2D eigenvalue weighted by Crippen LogP contribution is 2.27. The van der Waals surface area contributed by atoms with Crippen LogP contribution in [-0.2, 0) is 9.84 Å². The van der Waals surface area contributed by atoms with Crippen LogP contribution < -0.4 is 0 Å². The molecule has 0 radical (unpaired) electrons. The van der Waals surface area contributed by atoms with E-state index in [1.54, 1.807) is 36.8 Å². The van der Waals surface area contributed by atoms with E-state index >= 15 is 0 Å². The summed E-state index contributed by atoms with van der Waals surface area (Å²) in [4.78, 5) is 4.51. The maximum Gasteiger partial charge on any atom is 0.175 e. The molecule has 0 aliphatic heterocycles. The number of nitrogens with zero attached hydrogens (tertiary/aromatic N) is 2. The number of hydrogen-bond donors (Lipinski definition) is 0. The quantitative estimate of drug-likeness (QED) is 0.722. The molecule has 118 valence electrons. The van der Waals surface area contributed by atoms with Gasteiger partial charge < -0.3 is 0 Å². The molecule has 1 aromatic heterocycles. The highest BCUT2D eigenvalue weighted by molar-refractivity contribution is 7.90. The van der Waals surface area contributed by atoms with E-state index in [4.69, 9.17) is 11.6 Å². The Bertz CT molecular complexity index is 961. The lowest BCUT2D eigenvalue weighted by Gasteiger charge is -2.10. The molecule has 6 heteroatoms. The van der Waals surface area contributed by atoms with Crippen LogP contribution in [0.15, 0.2) is 59.9 Å². The Morgan fingerprint density at radius 3 is 2.39 bits per heavy atom. The van der Waals surface area contributed by atoms with Crippen molar-refractivity contribution in [1.82, 2.24) is 9.55 Å². The third-order valence-corrected chi connectivity index (χ3v) is 5.19. The molecule has 0 amide bonds. The summed E-state index contributed by atoms with van der Waals surface area (Å²) in [5.74, 6) is 0. The van der Waals surface area contributed by atoms with Crippen LogP contribution in [0.25, 0.3) is 16.9 Å². The Labute approximate surface area is 140 Å². The minimum atomic E-state index is -3.20. The third-order valence-electron chi connectivity index (χ3n) is 3.64. The Kier molecular flexibility index (Phi) is 4.00. The summed E-state index contributed by atoms with van der Waals surface area (Å²) in [6.45, 7) is 1.95. The normalized spacial score (nSPS) is 11.6. The third kappa shape index (κ3) is 3.16. The fourth-order valence-electron chi connectivity index (χ4n) is 2.37. The van der Waals surface area contributed by atoms with Gasteiger partial charge in [0.25, 0.3) is 0 Å². The summed E-state index contributed by atoms with van der Waals surface area (Å²) in [5.41, 5.74) is 3.75. The molecule has 0 fully saturated rings. The predicted molar refractivity (Wildman–Crippen MR) is 91.9 cm³/mol. The smallest absolute Gasteiger partial charge is 0.175 e. The molecule has 1 heterocycles. The SMILES string of the molecule is Cc1cc(-c2cncn2-c2ccc(S(C)(=O)=O)cc2)ccc1Cl. The van der Waals surface area contributed by atoms with E-state index in [1.165, 1.54) is 6.26 Å². The Morgan fingerprint density at radius 1 is 1.09 bits per heavy atom. The van der Waals surface area contributed by atoms with Gasteiger partial charge in [-0.25, -0.2) is 13.4 Å². The average Bonchev–Trinajstić information content (AvgIpc) is 2.99. The summed E-state index contributed by atoms with van der Waals surface area (Å²) in [6.07, 6.45) is 4.67. The zero-order chi connectivity index (χ0) is 16.6. The van der Waals surface area contributed by atoms with E-state index in [0.29, 0.717) is 4.90 Å². The molecule has 2 aromatic carbocycles. The van der Waals surface area contributed by atoms with Crippen molar-refractivity contribution in [3.05, 3.63) is 65.6 Å². The van der Waals surface area contributed by atoms with Crippen LogP contribution in [0.4, 0.5) is 0 Å². The van der Waals surface area contributed by atoms with Crippen LogP contribution in [-0.4, -0.2) is 24.2 Å². The monoisotopic (exact) mass is 346 g/mol. The lowest BCUT2D eigenvalue weighted by molar-refractivity contribution is 0.602. The van der Waals surface area contributed by atoms with E-state index in [1.807, 2.05) is 29.7 Å². The second-order valence-corrected chi connectivity index (χ2v) is 7.80. The number of halogens is 1. The molecule has 0 atom stereocenters. The van der Waals surface area contributed by atoms with Crippen LogP contribution >= 0.6 is 11.6 Å². The van der Waals surface area contributed by atoms with E-state index in [0.717, 1.165) is 27.5 Å². The first-order valence-corrected chi connectivity index (χ1v) is 9.22. The molecule has 0 aliphatic rings. The molecule has 0 bridgehead atoms. The van der Waals surface area contributed by atoms with Gasteiger partial charge in [-0.2, -0.15) is 0 Å². The van der Waals surface area contributed by atoms with Gasteiger partial charge in [0.05, 0.1) is 23.1 Å². The van der Waals surface area contributed by atoms with Crippen molar-refractivity contribution in [2.75, 3.05) is 6.26 Å². The first-order valence-electron chi connectivity index (χ1n) is 6.95. The van der Waals surface area contributed by atoms with E-state index < -0.39 is 9.84 Å². The number of aromatic nitrogens is 2. The van der Waals surface area contributed by atoms with Crippen LogP contribution in [0.2, 0.25) is 5.02 Å². The Morgan fingerprint density at radius 2 is 1.78 bits per heavy atom. The van der Waals surface area contributed by atoms with Gasteiger partial charge in [0, 0.05) is 22.5 Å². The Balaban J connectivity index is 2.05. The highest BCUT2D eigenvalue weighted by Gasteiger charge is 2.10. The zero-order valence-corrected chi connectivity index (χ0v) is 14.3. The van der Waals surface area contributed by atoms with Crippen LogP contribution in [0.3, 0.4) is 0 Å². The molecule has 0 unspecified atom stereocenters. The molecule has 0 N–H and O–H groups in total. The molecular weight excluding hydrogens is 332 g/mol. The number of benzene rings is 2. The van der Waals surface area contributed by atoms with E-state index in [9.17, 15) is 8.42 Å². The van der Waals surface area contributed by atoms with Gasteiger partial charge in [0.1, 0.15) is 0 Å². The number of hydrogen-bond acceptors (Lipinski definition) is 3. The standard InChI is InChI=1S/C17H15ClN2O2S/c1-12-9-13(3-8-16(12)18)17-10-19-11-20(17)14-4-6-15(7-5-14)23(2,21)22/h3-11H,1-2H3. The maximum atomic E-state index is 11.6. The van der Waals surface area contributed by atoms with Gasteiger partial charge in [-0.05, 0) is 48.9 Å². The molecular formula is C17H15ClN2O2S. The minimum Gasteiger partial charge on any atom is -0.299 e. The van der Waals surface area contributed by atoms with Crippen molar-refractivity contribution in [1.29, 1.82) is 0 Å². The molecule has 4 nitrogen and oxygen atoms in total. The largest absolute Gasteiger partial charge is 0.299 e. The maximum absolute atomic E-state index is 11.6. The van der Waals surface area contributed by atoms with Crippen LogP contribution in [0.5, 0.6) is 0 Å². The first kappa shape index (κ1) is 15.8. The lowest BCUT2D eigenvalue weighted by atomic mass is 10.1. The van der Waals surface area contributed by atoms with Crippen LogP contribution in [0, 0.1) is 6.92 Å². The first-order chi connectivity index (χ1) is 10.9. The van der Waals surface area contributed by atoms with Gasteiger partial charge in [0.2, 0.25) is 0 Å². The van der Waals surface area contributed by atoms with E-state index in [2.05, 4.69) is 4.98 Å². The molecule has 23 heavy (non-hydrogen) atoms. The van der Waals surface area contributed by atoms with Crippen molar-refractivity contribution in [3.8, 4) is 16.9 Å². The molecule has 3 aromatic rings. The van der Waals surface area contributed by atoms with Crippen LogP contribution in [0.1, 0.15) is 5.56 Å². The molecule has 3 rings (SSSR count). The fourth-order valence-corrected chi connectivity index (χ4v) is 3.12. The number of sulfone groups is 1. The zero-order valence-electron chi connectivity index (χ0n) is 12.7. The topological polar surface area (TPSA) is 52.0 Å². The summed E-state index contributed by atoms with van der Waals surface area (Å²) in [5, 5.41) is 0.720. The molecule has 0 saturated heterocycles. The highest BCUT2D eigenvalue weighted by atomic mass is 35.5. The minimum absolute atomic E-state index is 0.297. The fraction of sp³-hybridized carbons (Fsp3) is 0.118. The second-order valence-electron chi connectivity index (χ2n) is 5.38. The van der Waals surface area contributed by atoms with Crippen molar-refractivity contribution in [3.63, 3.8) is 0 Å². The second kappa shape index (κ2) is 5.83. The molecule has 0 saturated carbocycles. The van der Waals surface area contributed by atoms with Gasteiger partial charge in [-0.3, -0.25) is 4.57 Å². The lowest BCUT2D eigenvalue weighted by Crippen LogP contribution is -1.99. The van der Waals surface area contributed by atoms with Gasteiger partial charge in [0.15, 0.2) is 9.84 Å². The van der Waals surface area contributed by atoms with Gasteiger partial charge in [-0.15, -0.1) is 0 Å². The van der Waals surface area contributed by atoms with E-state index in [-0.39, 0.29) is 0 Å². The summed E-state index contributed by atoms with van der Waals surface area (Å²) in [7, 11) is -3.20. The summed E-state index contributed by atoms with van der Waals surface area (Å²) in [6, 6.07) is 12.5. The van der Waals surface area contributed by atoms with Gasteiger partial charge in [-0.1, -0.05) is 17.7 Å². The predicted octanol–water partition coefficient (Wildman–Crippen LogP) is 3.90. The van der Waals surface area contributed by atoms with Crippen molar-refractivity contribution < 1.29 is 8.42 Å². The average molecular weight is 347 g/mol. The van der Waals surface area contributed by atoms with Gasteiger partial charge >= 0.3 is 0 Å². The molecule has 0 spiro atoms. The summed E-state index contributed by atoms with van der Waals surface area (Å²) < 4.78 is 25.0. The summed E-state index contributed by atoms with van der Waals surface area (Å²) >= 11 is 6.08. The number of rotatable bonds is 3. The number of aryl methyl sites for hydroxylation is 1. The number of imidazole rings is 1. The van der Waals surface area contributed by atoms with Crippen molar-refractivity contribution in [2.45, 2.75) is 11.8 Å². The molecule has 0 aliphatic carbocycles. The Hall–Kier alpha value is -2.11.